The van der Waals surface area contributed by atoms with Crippen molar-refractivity contribution >= 4 is 40.1 Å². The average Bonchev–Trinajstić information content (AvgIpc) is 2.99. The molecular formula is C21H22ClN5O2. The van der Waals surface area contributed by atoms with Crippen molar-refractivity contribution in [3.63, 3.8) is 0 Å². The molecule has 0 aliphatic carbocycles. The molecule has 1 saturated heterocycles. The molecule has 4 rings (SSSR count). The van der Waals surface area contributed by atoms with Crippen molar-refractivity contribution in [2.24, 2.45) is 0 Å². The van der Waals surface area contributed by atoms with Crippen LogP contribution in [0.3, 0.4) is 0 Å². The molecule has 7 nitrogen and oxygen atoms in total. The first-order valence-corrected chi connectivity index (χ1v) is 10.1. The van der Waals surface area contributed by atoms with Crippen LogP contribution in [0.15, 0.2) is 42.9 Å². The molecule has 8 heteroatoms. The molecule has 1 aliphatic rings. The summed E-state index contributed by atoms with van der Waals surface area (Å²) >= 11 is 6.10. The lowest BCUT2D eigenvalue weighted by Gasteiger charge is -2.24. The van der Waals surface area contributed by atoms with E-state index in [0.717, 1.165) is 55.1 Å². The Kier molecular flexibility index (Phi) is 5.76. The van der Waals surface area contributed by atoms with E-state index < -0.39 is 0 Å². The third-order valence-corrected chi connectivity index (χ3v) is 5.19. The number of nitrogens with zero attached hydrogens (tertiary/aromatic N) is 5. The van der Waals surface area contributed by atoms with E-state index >= 15 is 0 Å². The van der Waals surface area contributed by atoms with E-state index in [-0.39, 0.29) is 5.97 Å². The van der Waals surface area contributed by atoms with Gasteiger partial charge in [-0.25, -0.2) is 19.7 Å². The topological polar surface area (TPSA) is 71.5 Å². The number of pyridine rings is 1. The lowest BCUT2D eigenvalue weighted by atomic mass is 10.2. The van der Waals surface area contributed by atoms with Gasteiger partial charge < -0.3 is 14.5 Å². The van der Waals surface area contributed by atoms with E-state index in [4.69, 9.17) is 16.3 Å². The number of esters is 1. The van der Waals surface area contributed by atoms with Crippen molar-refractivity contribution in [3.05, 3.63) is 53.4 Å². The fourth-order valence-electron chi connectivity index (χ4n) is 3.53. The van der Waals surface area contributed by atoms with E-state index in [0.29, 0.717) is 17.2 Å². The Balaban J connectivity index is 1.49. The average molecular weight is 412 g/mol. The van der Waals surface area contributed by atoms with Gasteiger partial charge in [0.2, 0.25) is 0 Å². The molecule has 0 amide bonds. The number of hydrogen-bond donors (Lipinski definition) is 0. The molecule has 0 bridgehead atoms. The Morgan fingerprint density at radius 3 is 2.69 bits per heavy atom. The van der Waals surface area contributed by atoms with Gasteiger partial charge in [0, 0.05) is 42.8 Å². The molecule has 29 heavy (non-hydrogen) atoms. The van der Waals surface area contributed by atoms with Gasteiger partial charge in [0.05, 0.1) is 17.7 Å². The van der Waals surface area contributed by atoms with Crippen molar-refractivity contribution in [1.82, 2.24) is 15.0 Å². The minimum absolute atomic E-state index is 0.343. The quantitative estimate of drug-likeness (QED) is 0.607. The molecule has 1 aromatic carbocycles. The second kappa shape index (κ2) is 8.61. The lowest BCUT2D eigenvalue weighted by molar-refractivity contribution is 0.0526. The number of halogens is 1. The summed E-state index contributed by atoms with van der Waals surface area (Å²) < 4.78 is 5.02. The maximum absolute atomic E-state index is 11.8. The number of carbonyl (C=O) groups excluding carboxylic acids is 1. The molecule has 150 valence electrons. The molecule has 3 aromatic rings. The number of hydrogen-bond acceptors (Lipinski definition) is 7. The first-order valence-electron chi connectivity index (χ1n) is 9.69. The summed E-state index contributed by atoms with van der Waals surface area (Å²) in [6, 6.07) is 9.36. The highest BCUT2D eigenvalue weighted by molar-refractivity contribution is 6.31. The number of benzene rings is 1. The van der Waals surface area contributed by atoms with Gasteiger partial charge in [0.15, 0.2) is 0 Å². The van der Waals surface area contributed by atoms with Crippen LogP contribution >= 0.6 is 11.6 Å². The smallest absolute Gasteiger partial charge is 0.339 e. The normalized spacial score (nSPS) is 14.7. The molecule has 0 radical (unpaired) electrons. The Morgan fingerprint density at radius 2 is 1.90 bits per heavy atom. The summed E-state index contributed by atoms with van der Waals surface area (Å²) in [5, 5.41) is 1.67. The maximum Gasteiger partial charge on any atom is 0.339 e. The Bertz CT molecular complexity index is 1010. The van der Waals surface area contributed by atoms with E-state index in [2.05, 4.69) is 24.8 Å². The second-order valence-corrected chi connectivity index (χ2v) is 7.25. The standard InChI is InChI=1S/C21H22ClN5O2/c1-2-29-21(28)15-4-7-19(23-13-15)26-8-3-9-27(11-10-26)20-17-6-5-16(22)12-18(17)24-14-25-20/h4-7,12-14H,2-3,8-11H2,1H3. The van der Waals surface area contributed by atoms with Crippen LogP contribution in [-0.2, 0) is 4.74 Å². The zero-order valence-corrected chi connectivity index (χ0v) is 17.0. The summed E-state index contributed by atoms with van der Waals surface area (Å²) in [7, 11) is 0. The van der Waals surface area contributed by atoms with Crippen LogP contribution in [-0.4, -0.2) is 53.7 Å². The van der Waals surface area contributed by atoms with Crippen LogP contribution in [0.4, 0.5) is 11.6 Å². The number of rotatable bonds is 4. The fraction of sp³-hybridized carbons (Fsp3) is 0.333. The highest BCUT2D eigenvalue weighted by Crippen LogP contribution is 2.26. The molecule has 0 unspecified atom stereocenters. The third-order valence-electron chi connectivity index (χ3n) is 4.96. The largest absolute Gasteiger partial charge is 0.462 e. The molecule has 1 aliphatic heterocycles. The predicted molar refractivity (Wildman–Crippen MR) is 114 cm³/mol. The Hall–Kier alpha value is -2.93. The number of ether oxygens (including phenoxy) is 1. The zero-order chi connectivity index (χ0) is 20.2. The molecule has 3 heterocycles. The van der Waals surface area contributed by atoms with Crippen LogP contribution in [0.5, 0.6) is 0 Å². The minimum Gasteiger partial charge on any atom is -0.462 e. The van der Waals surface area contributed by atoms with Gasteiger partial charge in [-0.3, -0.25) is 0 Å². The number of fused-ring (bicyclic) bond motifs is 1. The SMILES string of the molecule is CCOC(=O)c1ccc(N2CCCN(c3ncnc4cc(Cl)ccc34)CC2)nc1. The van der Waals surface area contributed by atoms with Gasteiger partial charge in [0.1, 0.15) is 18.0 Å². The summed E-state index contributed by atoms with van der Waals surface area (Å²) in [5.41, 5.74) is 1.32. The van der Waals surface area contributed by atoms with Gasteiger partial charge in [-0.15, -0.1) is 0 Å². The number of anilines is 2. The third kappa shape index (κ3) is 4.24. The molecule has 0 N–H and O–H groups in total. The summed E-state index contributed by atoms with van der Waals surface area (Å²) in [6.07, 6.45) is 4.14. The van der Waals surface area contributed by atoms with Crippen LogP contribution < -0.4 is 9.80 Å². The van der Waals surface area contributed by atoms with Crippen molar-refractivity contribution in [2.45, 2.75) is 13.3 Å². The first-order chi connectivity index (χ1) is 14.2. The first kappa shape index (κ1) is 19.4. The number of carbonyl (C=O) groups is 1. The molecule has 0 saturated carbocycles. The van der Waals surface area contributed by atoms with Gasteiger partial charge in [-0.05, 0) is 43.7 Å². The summed E-state index contributed by atoms with van der Waals surface area (Å²) in [4.78, 5) is 29.7. The highest BCUT2D eigenvalue weighted by Gasteiger charge is 2.19. The van der Waals surface area contributed by atoms with Crippen molar-refractivity contribution in [1.29, 1.82) is 0 Å². The summed E-state index contributed by atoms with van der Waals surface area (Å²) in [6.45, 7) is 5.55. The fourth-order valence-corrected chi connectivity index (χ4v) is 3.70. The van der Waals surface area contributed by atoms with Gasteiger partial charge in [-0.2, -0.15) is 0 Å². The Labute approximate surface area is 174 Å². The minimum atomic E-state index is -0.343. The zero-order valence-electron chi connectivity index (χ0n) is 16.2. The van der Waals surface area contributed by atoms with Crippen LogP contribution in [0.1, 0.15) is 23.7 Å². The van der Waals surface area contributed by atoms with Crippen molar-refractivity contribution in [3.8, 4) is 0 Å². The summed E-state index contributed by atoms with van der Waals surface area (Å²) in [5.74, 6) is 1.45. The van der Waals surface area contributed by atoms with E-state index in [1.165, 1.54) is 0 Å². The molecule has 0 spiro atoms. The van der Waals surface area contributed by atoms with Gasteiger partial charge >= 0.3 is 5.97 Å². The van der Waals surface area contributed by atoms with Crippen LogP contribution in [0, 0.1) is 0 Å². The van der Waals surface area contributed by atoms with E-state index in [1.807, 2.05) is 24.3 Å². The maximum atomic E-state index is 11.8. The Morgan fingerprint density at radius 1 is 1.07 bits per heavy atom. The molecular weight excluding hydrogens is 390 g/mol. The number of aromatic nitrogens is 3. The molecule has 2 aromatic heterocycles. The van der Waals surface area contributed by atoms with Crippen molar-refractivity contribution in [2.75, 3.05) is 42.6 Å². The van der Waals surface area contributed by atoms with Gasteiger partial charge in [0.25, 0.3) is 0 Å². The molecule has 0 atom stereocenters. The van der Waals surface area contributed by atoms with E-state index in [1.54, 1.807) is 25.5 Å². The second-order valence-electron chi connectivity index (χ2n) is 6.81. The van der Waals surface area contributed by atoms with E-state index in [9.17, 15) is 4.79 Å². The van der Waals surface area contributed by atoms with Crippen LogP contribution in [0.2, 0.25) is 5.02 Å². The lowest BCUT2D eigenvalue weighted by Crippen LogP contribution is -2.31. The molecule has 1 fully saturated rings. The predicted octanol–water partition coefficient (Wildman–Crippen LogP) is 3.57. The highest BCUT2D eigenvalue weighted by atomic mass is 35.5. The van der Waals surface area contributed by atoms with Gasteiger partial charge in [-0.1, -0.05) is 11.6 Å². The van der Waals surface area contributed by atoms with Crippen molar-refractivity contribution < 1.29 is 9.53 Å². The van der Waals surface area contributed by atoms with Crippen LogP contribution in [0.25, 0.3) is 10.9 Å². The monoisotopic (exact) mass is 411 g/mol.